The number of alkyl halides is 3. The Morgan fingerprint density at radius 1 is 1.11 bits per heavy atom. The molecule has 1 saturated carbocycles. The van der Waals surface area contributed by atoms with E-state index >= 15 is 0 Å². The second-order valence-corrected chi connectivity index (χ2v) is 9.99. The number of amides is 1. The number of aliphatic carboxylic acids is 1. The van der Waals surface area contributed by atoms with E-state index in [1.807, 2.05) is 0 Å². The van der Waals surface area contributed by atoms with Gasteiger partial charge >= 0.3 is 12.1 Å². The minimum Gasteiger partial charge on any atom is -0.481 e. The van der Waals surface area contributed by atoms with Crippen LogP contribution in [-0.4, -0.2) is 55.5 Å². The van der Waals surface area contributed by atoms with Gasteiger partial charge in [0.05, 0.1) is 45.9 Å². The van der Waals surface area contributed by atoms with Crippen LogP contribution in [0.1, 0.15) is 72.0 Å². The van der Waals surface area contributed by atoms with Crippen LogP contribution < -0.4 is 0 Å². The number of hydrogen-bond acceptors (Lipinski definition) is 5. The highest BCUT2D eigenvalue weighted by Crippen LogP contribution is 2.39. The number of ketones is 1. The molecule has 196 valence electrons. The van der Waals surface area contributed by atoms with Crippen LogP contribution in [0.15, 0.2) is 18.6 Å². The molecule has 0 bridgehead atoms. The third kappa shape index (κ3) is 6.18. The highest BCUT2D eigenvalue weighted by Gasteiger charge is 2.43. The maximum atomic E-state index is 14.2. The first kappa shape index (κ1) is 27.9. The van der Waals surface area contributed by atoms with E-state index in [1.165, 1.54) is 12.4 Å². The Kier molecular flexibility index (Phi) is 8.66. The zero-order valence-corrected chi connectivity index (χ0v) is 21.1. The van der Waals surface area contributed by atoms with Gasteiger partial charge < -0.3 is 10.0 Å². The van der Waals surface area contributed by atoms with Crippen LogP contribution in [0.5, 0.6) is 0 Å². The van der Waals surface area contributed by atoms with E-state index < -0.39 is 53.6 Å². The molecule has 0 spiro atoms. The van der Waals surface area contributed by atoms with Crippen molar-refractivity contribution >= 4 is 40.9 Å². The van der Waals surface area contributed by atoms with Crippen LogP contribution in [0.3, 0.4) is 0 Å². The molecule has 2 aromatic heterocycles. The molecule has 1 aliphatic rings. The van der Waals surface area contributed by atoms with Crippen molar-refractivity contribution in [1.82, 2.24) is 19.7 Å². The standard InChI is InChI=1S/C23H25Cl2F3N4O4/c1-12(2)10-31(11-18(33)19-16(24)8-29-9-17(19)25)21(34)15-7-30-32(20(15)23(26,27)28)14-5-3-13(4-6-14)22(35)36/h7-9,12-14H,3-6,10-11H2,1-2H3,(H,35,36)/t13-,14-. The third-order valence-electron chi connectivity index (χ3n) is 6.03. The Hall–Kier alpha value is -2.66. The van der Waals surface area contributed by atoms with Crippen molar-refractivity contribution in [1.29, 1.82) is 0 Å². The molecule has 8 nitrogen and oxygen atoms in total. The molecular weight excluding hydrogens is 524 g/mol. The van der Waals surface area contributed by atoms with E-state index in [1.54, 1.807) is 13.8 Å². The number of carboxylic acids is 1. The van der Waals surface area contributed by atoms with Crippen molar-refractivity contribution in [2.45, 2.75) is 51.7 Å². The maximum Gasteiger partial charge on any atom is 0.433 e. The number of carboxylic acid groups (broad SMARTS) is 1. The Bertz CT molecular complexity index is 1120. The Labute approximate surface area is 215 Å². The van der Waals surface area contributed by atoms with Crippen LogP contribution >= 0.6 is 23.2 Å². The lowest BCUT2D eigenvalue weighted by atomic mass is 9.86. The molecule has 0 aromatic carbocycles. The Morgan fingerprint density at radius 3 is 2.19 bits per heavy atom. The molecule has 0 unspecified atom stereocenters. The number of nitrogens with zero attached hydrogens (tertiary/aromatic N) is 4. The second-order valence-electron chi connectivity index (χ2n) is 9.17. The smallest absolute Gasteiger partial charge is 0.433 e. The van der Waals surface area contributed by atoms with Gasteiger partial charge in [-0.3, -0.25) is 24.0 Å². The van der Waals surface area contributed by atoms with Crippen molar-refractivity contribution in [3.8, 4) is 0 Å². The summed E-state index contributed by atoms with van der Waals surface area (Å²) in [5.41, 5.74) is -1.97. The largest absolute Gasteiger partial charge is 0.481 e. The molecule has 0 saturated heterocycles. The predicted molar refractivity (Wildman–Crippen MR) is 125 cm³/mol. The van der Waals surface area contributed by atoms with Gasteiger partial charge in [0, 0.05) is 18.9 Å². The third-order valence-corrected chi connectivity index (χ3v) is 6.60. The van der Waals surface area contributed by atoms with Gasteiger partial charge in [0.1, 0.15) is 0 Å². The summed E-state index contributed by atoms with van der Waals surface area (Å²) in [6.07, 6.45) is -0.843. The molecule has 2 aromatic rings. The number of Topliss-reactive ketones (excluding diaryl/α,β-unsaturated/α-hetero) is 1. The number of aromatic nitrogens is 3. The van der Waals surface area contributed by atoms with Gasteiger partial charge in [-0.2, -0.15) is 18.3 Å². The van der Waals surface area contributed by atoms with E-state index in [2.05, 4.69) is 10.1 Å². The first-order valence-corrected chi connectivity index (χ1v) is 12.1. The van der Waals surface area contributed by atoms with Crippen LogP contribution in [0.2, 0.25) is 10.0 Å². The van der Waals surface area contributed by atoms with E-state index in [9.17, 15) is 32.7 Å². The first-order chi connectivity index (χ1) is 16.8. The molecule has 1 aliphatic carbocycles. The molecule has 0 radical (unpaired) electrons. The van der Waals surface area contributed by atoms with E-state index in [0.29, 0.717) is 0 Å². The molecule has 0 atom stereocenters. The lowest BCUT2D eigenvalue weighted by molar-refractivity contribution is -0.147. The number of rotatable bonds is 8. The number of halogens is 5. The Balaban J connectivity index is 1.94. The highest BCUT2D eigenvalue weighted by atomic mass is 35.5. The summed E-state index contributed by atoms with van der Waals surface area (Å²) in [5, 5.41) is 13.0. The summed E-state index contributed by atoms with van der Waals surface area (Å²) in [5.74, 6) is -3.41. The lowest BCUT2D eigenvalue weighted by Gasteiger charge is -2.28. The van der Waals surface area contributed by atoms with E-state index in [0.717, 1.165) is 15.8 Å². The summed E-state index contributed by atoms with van der Waals surface area (Å²) in [4.78, 5) is 42.3. The number of carbonyl (C=O) groups is 3. The number of carbonyl (C=O) groups excluding carboxylic acids is 2. The minimum atomic E-state index is -4.91. The summed E-state index contributed by atoms with van der Waals surface area (Å²) in [6, 6.07) is -0.701. The van der Waals surface area contributed by atoms with Gasteiger partial charge in [0.2, 0.25) is 0 Å². The van der Waals surface area contributed by atoms with E-state index in [-0.39, 0.29) is 53.8 Å². The lowest BCUT2D eigenvalue weighted by Crippen LogP contribution is -2.39. The monoisotopic (exact) mass is 548 g/mol. The molecular formula is C23H25Cl2F3N4O4. The summed E-state index contributed by atoms with van der Waals surface area (Å²) in [6.45, 7) is 2.96. The molecule has 2 heterocycles. The molecule has 0 aliphatic heterocycles. The summed E-state index contributed by atoms with van der Waals surface area (Å²) < 4.78 is 43.3. The maximum absolute atomic E-state index is 14.2. The molecule has 1 fully saturated rings. The first-order valence-electron chi connectivity index (χ1n) is 11.3. The minimum absolute atomic E-state index is 0.00288. The van der Waals surface area contributed by atoms with Crippen molar-refractivity contribution < 1.29 is 32.7 Å². The Morgan fingerprint density at radius 2 is 1.69 bits per heavy atom. The van der Waals surface area contributed by atoms with Gasteiger partial charge in [-0.1, -0.05) is 37.0 Å². The van der Waals surface area contributed by atoms with Gasteiger partial charge in [-0.05, 0) is 31.6 Å². The summed E-state index contributed by atoms with van der Waals surface area (Å²) in [7, 11) is 0. The predicted octanol–water partition coefficient (Wildman–Crippen LogP) is 5.40. The van der Waals surface area contributed by atoms with E-state index in [4.69, 9.17) is 23.2 Å². The molecule has 1 amide bonds. The number of hydrogen-bond donors (Lipinski definition) is 1. The highest BCUT2D eigenvalue weighted by molar-refractivity contribution is 6.39. The van der Waals surface area contributed by atoms with Gasteiger partial charge in [0.15, 0.2) is 11.5 Å². The van der Waals surface area contributed by atoms with Gasteiger partial charge in [-0.25, -0.2) is 0 Å². The van der Waals surface area contributed by atoms with Crippen LogP contribution in [-0.2, 0) is 11.0 Å². The fraction of sp³-hybridized carbons (Fsp3) is 0.522. The van der Waals surface area contributed by atoms with Crippen molar-refractivity contribution in [3.05, 3.63) is 45.5 Å². The molecule has 36 heavy (non-hydrogen) atoms. The SMILES string of the molecule is CC(C)CN(CC(=O)c1c(Cl)cncc1Cl)C(=O)c1cnn([C@H]2CC[C@H](C(=O)O)CC2)c1C(F)(F)F. The number of pyridine rings is 1. The fourth-order valence-electron chi connectivity index (χ4n) is 4.41. The van der Waals surface area contributed by atoms with Crippen molar-refractivity contribution in [3.63, 3.8) is 0 Å². The molecule has 13 heteroatoms. The topological polar surface area (TPSA) is 105 Å². The quantitative estimate of drug-likeness (QED) is 0.442. The summed E-state index contributed by atoms with van der Waals surface area (Å²) >= 11 is 12.1. The average molecular weight is 549 g/mol. The zero-order chi connectivity index (χ0) is 26.8. The second kappa shape index (κ2) is 11.2. The molecule has 3 rings (SSSR count). The van der Waals surface area contributed by atoms with Gasteiger partial charge in [-0.15, -0.1) is 0 Å². The van der Waals surface area contributed by atoms with Crippen LogP contribution in [0.25, 0.3) is 0 Å². The average Bonchev–Trinajstić information content (AvgIpc) is 3.23. The van der Waals surface area contributed by atoms with Crippen molar-refractivity contribution in [2.24, 2.45) is 11.8 Å². The van der Waals surface area contributed by atoms with Crippen LogP contribution in [0.4, 0.5) is 13.2 Å². The fourth-order valence-corrected chi connectivity index (χ4v) is 4.98. The zero-order valence-electron chi connectivity index (χ0n) is 19.6. The normalized spacial score (nSPS) is 18.3. The van der Waals surface area contributed by atoms with Crippen molar-refractivity contribution in [2.75, 3.05) is 13.1 Å². The molecule has 1 N–H and O–H groups in total. The van der Waals surface area contributed by atoms with Crippen LogP contribution in [0, 0.1) is 11.8 Å². The van der Waals surface area contributed by atoms with Gasteiger partial charge in [0.25, 0.3) is 5.91 Å².